The van der Waals surface area contributed by atoms with Gasteiger partial charge >= 0.3 is 0 Å². The minimum atomic E-state index is -0.431. The van der Waals surface area contributed by atoms with Crippen LogP contribution in [0, 0.1) is 24.2 Å². The summed E-state index contributed by atoms with van der Waals surface area (Å²) < 4.78 is 7.34. The molecule has 0 aromatic heterocycles. The fourth-order valence-electron chi connectivity index (χ4n) is 9.31. The summed E-state index contributed by atoms with van der Waals surface area (Å²) in [5.41, 5.74) is 7.69. The van der Waals surface area contributed by atoms with E-state index < -0.39 is 11.5 Å². The SMILES string of the molecule is Cc1ccc2cc(C(C)C)c3c(c2c1CCC(=O)C(C)C)[C@H]1c2cc(C(C)C)c(O)cc2[C@@]2(C)CC[C@H](O)C(C)(C)[C@@H]2[C@H]1O3. The van der Waals surface area contributed by atoms with Gasteiger partial charge in [-0.2, -0.15) is 0 Å². The summed E-state index contributed by atoms with van der Waals surface area (Å²) in [5.74, 6) is 2.11. The van der Waals surface area contributed by atoms with E-state index in [-0.39, 0.29) is 41.1 Å². The van der Waals surface area contributed by atoms with Crippen molar-refractivity contribution >= 4 is 16.6 Å². The molecular formula is C40H52O4. The standard InChI is InChI=1S/C40H52O4/c1-20(2)26-18-28-29(19-31(26)42)40(10)16-15-32(43)39(8,9)38(40)37-34(28)35-33-24(17-27(21(3)4)36(35)44-37)12-11-23(7)25(33)13-14-30(41)22(5)6/h11-12,17-22,32,34,37-38,42-43H,13-16H2,1-10H3/t32-,34+,37-,38-,40+/m0/s1. The van der Waals surface area contributed by atoms with Crippen LogP contribution in [0.4, 0.5) is 0 Å². The average molecular weight is 597 g/mol. The molecule has 5 atom stereocenters. The third-order valence-corrected chi connectivity index (χ3v) is 11.8. The molecule has 4 heteroatoms. The Morgan fingerprint density at radius 1 is 1.00 bits per heavy atom. The van der Waals surface area contributed by atoms with Crippen molar-refractivity contribution in [3.8, 4) is 11.5 Å². The van der Waals surface area contributed by atoms with Crippen molar-refractivity contribution in [3.63, 3.8) is 0 Å². The maximum absolute atomic E-state index is 12.9. The molecule has 236 valence electrons. The van der Waals surface area contributed by atoms with Crippen LogP contribution in [0.2, 0.25) is 0 Å². The van der Waals surface area contributed by atoms with Crippen molar-refractivity contribution < 1.29 is 19.7 Å². The number of phenols is 1. The number of aromatic hydroxyl groups is 1. The largest absolute Gasteiger partial charge is 0.508 e. The van der Waals surface area contributed by atoms with E-state index in [1.165, 1.54) is 44.2 Å². The summed E-state index contributed by atoms with van der Waals surface area (Å²) in [6, 6.07) is 11.1. The highest BCUT2D eigenvalue weighted by atomic mass is 16.5. The van der Waals surface area contributed by atoms with E-state index in [0.29, 0.717) is 24.4 Å². The summed E-state index contributed by atoms with van der Waals surface area (Å²) in [6.07, 6.45) is 2.22. The monoisotopic (exact) mass is 596 g/mol. The van der Waals surface area contributed by atoms with Crippen molar-refractivity contribution in [1.82, 2.24) is 0 Å². The van der Waals surface area contributed by atoms with E-state index in [4.69, 9.17) is 4.74 Å². The summed E-state index contributed by atoms with van der Waals surface area (Å²) in [5, 5.41) is 25.3. The quantitative estimate of drug-likeness (QED) is 0.298. The van der Waals surface area contributed by atoms with Crippen LogP contribution in [0.5, 0.6) is 11.5 Å². The minimum absolute atomic E-state index is 0.0150. The second-order valence-electron chi connectivity index (χ2n) is 15.9. The molecule has 2 N–H and O–H groups in total. The van der Waals surface area contributed by atoms with Crippen LogP contribution in [-0.2, 0) is 16.6 Å². The molecule has 2 aliphatic carbocycles. The molecule has 6 rings (SSSR count). The Kier molecular flexibility index (Phi) is 7.51. The highest BCUT2D eigenvalue weighted by Gasteiger charge is 2.63. The Hall–Kier alpha value is -2.85. The normalized spacial score (nSPS) is 26.9. The fourth-order valence-corrected chi connectivity index (χ4v) is 9.31. The summed E-state index contributed by atoms with van der Waals surface area (Å²) in [6.45, 7) is 21.7. The number of aliphatic hydroxyl groups excluding tert-OH is 1. The molecule has 3 aliphatic rings. The van der Waals surface area contributed by atoms with E-state index in [2.05, 4.69) is 85.7 Å². The Morgan fingerprint density at radius 3 is 2.32 bits per heavy atom. The third-order valence-electron chi connectivity index (χ3n) is 11.8. The zero-order valence-corrected chi connectivity index (χ0v) is 28.5. The number of aryl methyl sites for hydroxylation is 2. The predicted molar refractivity (Wildman–Crippen MR) is 179 cm³/mol. The number of phenolic OH excluding ortho intramolecular Hbond substituents is 1. The molecule has 0 bridgehead atoms. The topological polar surface area (TPSA) is 66.8 Å². The molecule has 0 unspecified atom stereocenters. The van der Waals surface area contributed by atoms with Crippen LogP contribution in [0.3, 0.4) is 0 Å². The summed E-state index contributed by atoms with van der Waals surface area (Å²) >= 11 is 0. The van der Waals surface area contributed by atoms with Crippen LogP contribution < -0.4 is 4.74 Å². The Labute approximate surface area is 264 Å². The first kappa shape index (κ1) is 31.1. The van der Waals surface area contributed by atoms with Crippen molar-refractivity contribution in [3.05, 3.63) is 69.3 Å². The van der Waals surface area contributed by atoms with Crippen LogP contribution in [0.25, 0.3) is 10.8 Å². The Bertz CT molecular complexity index is 1640. The zero-order valence-electron chi connectivity index (χ0n) is 28.5. The molecule has 4 nitrogen and oxygen atoms in total. The Balaban J connectivity index is 1.71. The number of benzene rings is 3. The molecule has 1 aliphatic heterocycles. The van der Waals surface area contributed by atoms with Gasteiger partial charge in [0.2, 0.25) is 0 Å². The number of hydrogen-bond donors (Lipinski definition) is 2. The molecule has 0 amide bonds. The van der Waals surface area contributed by atoms with Gasteiger partial charge in [-0.25, -0.2) is 0 Å². The lowest BCUT2D eigenvalue weighted by atomic mass is 9.46. The second-order valence-corrected chi connectivity index (χ2v) is 15.9. The number of fused-ring (bicyclic) bond motifs is 10. The Morgan fingerprint density at radius 2 is 1.68 bits per heavy atom. The van der Waals surface area contributed by atoms with Gasteiger partial charge in [0.1, 0.15) is 23.4 Å². The summed E-state index contributed by atoms with van der Waals surface area (Å²) in [7, 11) is 0. The van der Waals surface area contributed by atoms with E-state index in [1.54, 1.807) is 0 Å². The molecule has 1 heterocycles. The lowest BCUT2D eigenvalue weighted by Crippen LogP contribution is -2.60. The van der Waals surface area contributed by atoms with Gasteiger partial charge in [0.25, 0.3) is 0 Å². The lowest BCUT2D eigenvalue weighted by Gasteiger charge is -2.59. The zero-order chi connectivity index (χ0) is 32.0. The highest BCUT2D eigenvalue weighted by molar-refractivity contribution is 5.95. The summed E-state index contributed by atoms with van der Waals surface area (Å²) in [4.78, 5) is 12.9. The van der Waals surface area contributed by atoms with Gasteiger partial charge in [-0.05, 0) is 105 Å². The number of carbonyl (C=O) groups excluding carboxylic acids is 1. The minimum Gasteiger partial charge on any atom is -0.508 e. The first-order valence-electron chi connectivity index (χ1n) is 16.9. The number of aliphatic hydroxyl groups is 1. The van der Waals surface area contributed by atoms with Crippen LogP contribution >= 0.6 is 0 Å². The van der Waals surface area contributed by atoms with E-state index in [0.717, 1.165) is 24.2 Å². The van der Waals surface area contributed by atoms with Gasteiger partial charge in [-0.15, -0.1) is 0 Å². The number of ether oxygens (including phenoxy) is 1. The van der Waals surface area contributed by atoms with E-state index >= 15 is 0 Å². The molecule has 1 fully saturated rings. The number of carbonyl (C=O) groups is 1. The molecule has 0 spiro atoms. The number of ketones is 1. The van der Waals surface area contributed by atoms with Crippen molar-refractivity contribution in [2.24, 2.45) is 17.3 Å². The first-order valence-corrected chi connectivity index (χ1v) is 16.9. The molecule has 0 saturated heterocycles. The predicted octanol–water partition coefficient (Wildman–Crippen LogP) is 9.22. The molecule has 1 saturated carbocycles. The van der Waals surface area contributed by atoms with Crippen LogP contribution in [0.15, 0.2) is 30.3 Å². The number of Topliss-reactive ketones (excluding diaryl/α,β-unsaturated/α-hetero) is 1. The molecular weight excluding hydrogens is 544 g/mol. The van der Waals surface area contributed by atoms with E-state index in [9.17, 15) is 15.0 Å². The van der Waals surface area contributed by atoms with Gasteiger partial charge in [0.15, 0.2) is 0 Å². The maximum atomic E-state index is 12.9. The molecule has 3 aromatic rings. The molecule has 0 radical (unpaired) electrons. The number of hydrogen-bond acceptors (Lipinski definition) is 4. The molecule has 44 heavy (non-hydrogen) atoms. The van der Waals surface area contributed by atoms with Gasteiger partial charge in [-0.1, -0.05) is 80.5 Å². The third kappa shape index (κ3) is 4.45. The highest BCUT2D eigenvalue weighted by Crippen LogP contribution is 2.66. The second kappa shape index (κ2) is 10.6. The molecule has 3 aromatic carbocycles. The van der Waals surface area contributed by atoms with Crippen LogP contribution in [-0.4, -0.2) is 28.2 Å². The van der Waals surface area contributed by atoms with Gasteiger partial charge < -0.3 is 14.9 Å². The van der Waals surface area contributed by atoms with Crippen molar-refractivity contribution in [2.45, 2.75) is 130 Å². The van der Waals surface area contributed by atoms with E-state index in [1.807, 2.05) is 13.8 Å². The van der Waals surface area contributed by atoms with Gasteiger partial charge in [0.05, 0.1) is 12.0 Å². The first-order chi connectivity index (χ1) is 20.6. The fraction of sp³-hybridized carbons (Fsp3) is 0.575. The maximum Gasteiger partial charge on any atom is 0.135 e. The van der Waals surface area contributed by atoms with Crippen molar-refractivity contribution in [2.75, 3.05) is 0 Å². The van der Waals surface area contributed by atoms with Gasteiger partial charge in [0, 0.05) is 23.8 Å². The number of rotatable bonds is 6. The van der Waals surface area contributed by atoms with Crippen molar-refractivity contribution in [1.29, 1.82) is 0 Å². The lowest BCUT2D eigenvalue weighted by molar-refractivity contribution is -0.121. The van der Waals surface area contributed by atoms with Crippen LogP contribution in [0.1, 0.15) is 138 Å². The average Bonchev–Trinajstić information content (AvgIpc) is 3.33. The smallest absolute Gasteiger partial charge is 0.135 e. The van der Waals surface area contributed by atoms with Gasteiger partial charge in [-0.3, -0.25) is 4.79 Å².